The minimum absolute atomic E-state index is 0.228. The van der Waals surface area contributed by atoms with Crippen LogP contribution in [-0.4, -0.2) is 30.3 Å². The molecule has 2 rings (SSSR count). The van der Waals surface area contributed by atoms with E-state index in [2.05, 4.69) is 34.5 Å². The first kappa shape index (κ1) is 12.0. The lowest BCUT2D eigenvalue weighted by molar-refractivity contribution is 0.0870. The molecule has 0 saturated heterocycles. The highest BCUT2D eigenvalue weighted by Gasteiger charge is 2.23. The molecule has 0 atom stereocenters. The summed E-state index contributed by atoms with van der Waals surface area (Å²) < 4.78 is 1.17. The Balaban J connectivity index is 1.94. The molecule has 0 N–H and O–H groups in total. The zero-order valence-electron chi connectivity index (χ0n) is 9.45. The van der Waals surface area contributed by atoms with Gasteiger partial charge in [0.15, 0.2) is 5.78 Å². The third-order valence-electron chi connectivity index (χ3n) is 3.26. The van der Waals surface area contributed by atoms with Crippen LogP contribution in [0.4, 0.5) is 0 Å². The average molecular weight is 329 g/mol. The molecule has 1 aliphatic carbocycles. The van der Waals surface area contributed by atoms with Crippen molar-refractivity contribution < 1.29 is 4.79 Å². The first-order valence-corrected chi connectivity index (χ1v) is 6.73. The molecule has 1 saturated carbocycles. The standard InChI is InChI=1S/C13H16INO/c1-15(12-3-2-4-12)9-13(16)10-5-7-11(14)8-6-10/h5-8,12H,2-4,9H2,1H3. The predicted octanol–water partition coefficient (Wildman–Crippen LogP) is 2.96. The van der Waals surface area contributed by atoms with E-state index < -0.39 is 0 Å². The normalized spacial score (nSPS) is 16.2. The first-order chi connectivity index (χ1) is 7.66. The van der Waals surface area contributed by atoms with E-state index in [0.29, 0.717) is 12.6 Å². The zero-order valence-corrected chi connectivity index (χ0v) is 11.6. The van der Waals surface area contributed by atoms with E-state index in [1.807, 2.05) is 24.3 Å². The highest BCUT2D eigenvalue weighted by molar-refractivity contribution is 14.1. The van der Waals surface area contributed by atoms with E-state index in [9.17, 15) is 4.79 Å². The highest BCUT2D eigenvalue weighted by Crippen LogP contribution is 2.23. The highest BCUT2D eigenvalue weighted by atomic mass is 127. The third kappa shape index (κ3) is 2.83. The van der Waals surface area contributed by atoms with Gasteiger partial charge >= 0.3 is 0 Å². The molecule has 1 aromatic rings. The lowest BCUT2D eigenvalue weighted by Gasteiger charge is -2.34. The summed E-state index contributed by atoms with van der Waals surface area (Å²) in [5.41, 5.74) is 0.826. The van der Waals surface area contributed by atoms with Gasteiger partial charge in [-0.2, -0.15) is 0 Å². The van der Waals surface area contributed by atoms with Crippen molar-refractivity contribution in [3.63, 3.8) is 0 Å². The Labute approximate surface area is 110 Å². The number of ketones is 1. The second kappa shape index (κ2) is 5.27. The fourth-order valence-electron chi connectivity index (χ4n) is 1.91. The smallest absolute Gasteiger partial charge is 0.176 e. The van der Waals surface area contributed by atoms with Crippen LogP contribution < -0.4 is 0 Å². The van der Waals surface area contributed by atoms with Crippen molar-refractivity contribution >= 4 is 28.4 Å². The number of hydrogen-bond acceptors (Lipinski definition) is 2. The molecule has 1 aromatic carbocycles. The van der Waals surface area contributed by atoms with Gasteiger partial charge in [-0.15, -0.1) is 0 Å². The van der Waals surface area contributed by atoms with Crippen LogP contribution >= 0.6 is 22.6 Å². The van der Waals surface area contributed by atoms with Crippen molar-refractivity contribution in [1.29, 1.82) is 0 Å². The fourth-order valence-corrected chi connectivity index (χ4v) is 2.27. The van der Waals surface area contributed by atoms with E-state index in [-0.39, 0.29) is 5.78 Å². The van der Waals surface area contributed by atoms with Crippen LogP contribution in [0.3, 0.4) is 0 Å². The van der Waals surface area contributed by atoms with Gasteiger partial charge in [0.2, 0.25) is 0 Å². The first-order valence-electron chi connectivity index (χ1n) is 5.66. The Morgan fingerprint density at radius 1 is 1.38 bits per heavy atom. The minimum atomic E-state index is 0.228. The quantitative estimate of drug-likeness (QED) is 0.625. The van der Waals surface area contributed by atoms with Gasteiger partial charge in [0.1, 0.15) is 0 Å². The van der Waals surface area contributed by atoms with Gasteiger partial charge in [-0.1, -0.05) is 18.6 Å². The summed E-state index contributed by atoms with van der Waals surface area (Å²) in [6.07, 6.45) is 3.81. The fraction of sp³-hybridized carbons (Fsp3) is 0.462. The maximum absolute atomic E-state index is 12.0. The molecule has 0 aromatic heterocycles. The molecule has 86 valence electrons. The molecular weight excluding hydrogens is 313 g/mol. The number of rotatable bonds is 4. The number of carbonyl (C=O) groups is 1. The van der Waals surface area contributed by atoms with E-state index in [1.165, 1.54) is 22.8 Å². The Bertz CT molecular complexity index is 370. The molecule has 1 fully saturated rings. The third-order valence-corrected chi connectivity index (χ3v) is 3.98. The monoisotopic (exact) mass is 329 g/mol. The Morgan fingerprint density at radius 2 is 2.00 bits per heavy atom. The van der Waals surface area contributed by atoms with E-state index in [0.717, 1.165) is 5.56 Å². The van der Waals surface area contributed by atoms with Crippen molar-refractivity contribution in [3.8, 4) is 0 Å². The number of benzene rings is 1. The summed E-state index contributed by atoms with van der Waals surface area (Å²) in [4.78, 5) is 14.2. The van der Waals surface area contributed by atoms with Gasteiger partial charge in [0.25, 0.3) is 0 Å². The molecule has 1 aliphatic rings. The van der Waals surface area contributed by atoms with Gasteiger partial charge in [-0.3, -0.25) is 9.69 Å². The van der Waals surface area contributed by atoms with Gasteiger partial charge in [-0.05, 0) is 54.6 Å². The number of carbonyl (C=O) groups excluding carboxylic acids is 1. The van der Waals surface area contributed by atoms with Crippen molar-refractivity contribution in [3.05, 3.63) is 33.4 Å². The number of likely N-dealkylation sites (N-methyl/N-ethyl adjacent to an activating group) is 1. The Hall–Kier alpha value is -0.420. The number of nitrogens with zero attached hydrogens (tertiary/aromatic N) is 1. The second-order valence-electron chi connectivity index (χ2n) is 4.43. The number of hydrogen-bond donors (Lipinski definition) is 0. The van der Waals surface area contributed by atoms with Crippen molar-refractivity contribution in [2.75, 3.05) is 13.6 Å². The summed E-state index contributed by atoms with van der Waals surface area (Å²) >= 11 is 2.25. The number of Topliss-reactive ketones (excluding diaryl/α,β-unsaturated/α-hetero) is 1. The maximum atomic E-state index is 12.0. The van der Waals surface area contributed by atoms with Gasteiger partial charge in [0, 0.05) is 15.2 Å². The van der Waals surface area contributed by atoms with Gasteiger partial charge < -0.3 is 0 Å². The number of halogens is 1. The van der Waals surface area contributed by atoms with Crippen LogP contribution in [0.5, 0.6) is 0 Å². The van der Waals surface area contributed by atoms with E-state index in [4.69, 9.17) is 0 Å². The van der Waals surface area contributed by atoms with Crippen molar-refractivity contribution in [2.45, 2.75) is 25.3 Å². The second-order valence-corrected chi connectivity index (χ2v) is 5.68. The molecule has 0 spiro atoms. The maximum Gasteiger partial charge on any atom is 0.176 e. The zero-order chi connectivity index (χ0) is 11.5. The Morgan fingerprint density at radius 3 is 2.50 bits per heavy atom. The van der Waals surface area contributed by atoms with Crippen LogP contribution in [0.15, 0.2) is 24.3 Å². The molecule has 0 amide bonds. The summed E-state index contributed by atoms with van der Waals surface area (Å²) in [6, 6.07) is 8.43. The average Bonchev–Trinajstić information content (AvgIpc) is 2.15. The van der Waals surface area contributed by atoms with E-state index in [1.54, 1.807) is 0 Å². The Kier molecular flexibility index (Phi) is 3.97. The minimum Gasteiger partial charge on any atom is -0.296 e. The molecule has 0 heterocycles. The summed E-state index contributed by atoms with van der Waals surface area (Å²) in [6.45, 7) is 0.547. The molecular formula is C13H16INO. The molecule has 0 unspecified atom stereocenters. The van der Waals surface area contributed by atoms with Gasteiger partial charge in [0.05, 0.1) is 6.54 Å². The summed E-state index contributed by atoms with van der Waals surface area (Å²) in [5, 5.41) is 0. The van der Waals surface area contributed by atoms with Crippen molar-refractivity contribution in [2.24, 2.45) is 0 Å². The van der Waals surface area contributed by atoms with Crippen LogP contribution in [0.1, 0.15) is 29.6 Å². The molecule has 16 heavy (non-hydrogen) atoms. The molecule has 0 radical (unpaired) electrons. The SMILES string of the molecule is CN(CC(=O)c1ccc(I)cc1)C1CCC1. The summed E-state index contributed by atoms with van der Waals surface area (Å²) in [5.74, 6) is 0.228. The molecule has 0 bridgehead atoms. The van der Waals surface area contributed by atoms with Crippen LogP contribution in [0, 0.1) is 3.57 Å². The molecule has 2 nitrogen and oxygen atoms in total. The largest absolute Gasteiger partial charge is 0.296 e. The lowest BCUT2D eigenvalue weighted by atomic mass is 9.91. The predicted molar refractivity (Wildman–Crippen MR) is 73.8 cm³/mol. The van der Waals surface area contributed by atoms with Crippen LogP contribution in [0.25, 0.3) is 0 Å². The van der Waals surface area contributed by atoms with Crippen LogP contribution in [-0.2, 0) is 0 Å². The van der Waals surface area contributed by atoms with Crippen molar-refractivity contribution in [1.82, 2.24) is 4.90 Å². The van der Waals surface area contributed by atoms with Gasteiger partial charge in [-0.25, -0.2) is 0 Å². The summed E-state index contributed by atoms with van der Waals surface area (Å²) in [7, 11) is 2.05. The molecule has 3 heteroatoms. The topological polar surface area (TPSA) is 20.3 Å². The molecule has 0 aliphatic heterocycles. The van der Waals surface area contributed by atoms with Crippen LogP contribution in [0.2, 0.25) is 0 Å². The van der Waals surface area contributed by atoms with E-state index >= 15 is 0 Å². The lowest BCUT2D eigenvalue weighted by Crippen LogP contribution is -2.40.